The van der Waals surface area contributed by atoms with Crippen LogP contribution in [0.5, 0.6) is 5.75 Å². The van der Waals surface area contributed by atoms with E-state index >= 15 is 0 Å². The SMILES string of the molecule is CC1(C)OCC(COc2cc(F)cc(C3CCCN3C(C)(C)C)c2)O1. The van der Waals surface area contributed by atoms with Crippen molar-refractivity contribution in [1.82, 2.24) is 4.90 Å². The summed E-state index contributed by atoms with van der Waals surface area (Å²) in [5.74, 6) is -0.265. The lowest BCUT2D eigenvalue weighted by atomic mass is 9.99. The smallest absolute Gasteiger partial charge is 0.163 e. The molecule has 0 saturated carbocycles. The fourth-order valence-corrected chi connectivity index (χ4v) is 3.81. The molecule has 2 aliphatic rings. The predicted octanol–water partition coefficient (Wildman–Crippen LogP) is 4.29. The van der Waals surface area contributed by atoms with Crippen LogP contribution in [0.1, 0.15) is 59.1 Å². The highest BCUT2D eigenvalue weighted by atomic mass is 19.1. The van der Waals surface area contributed by atoms with E-state index in [2.05, 4.69) is 25.7 Å². The van der Waals surface area contributed by atoms with Gasteiger partial charge in [0, 0.05) is 17.6 Å². The maximum absolute atomic E-state index is 14.2. The fourth-order valence-electron chi connectivity index (χ4n) is 3.81. The lowest BCUT2D eigenvalue weighted by molar-refractivity contribution is -0.141. The average molecular weight is 351 g/mol. The van der Waals surface area contributed by atoms with Gasteiger partial charge in [0.1, 0.15) is 24.3 Å². The third-order valence-electron chi connectivity index (χ3n) is 4.90. The van der Waals surface area contributed by atoms with Gasteiger partial charge >= 0.3 is 0 Å². The highest BCUT2D eigenvalue weighted by molar-refractivity contribution is 5.32. The first-order valence-corrected chi connectivity index (χ1v) is 9.16. The second kappa shape index (κ2) is 6.86. The molecule has 140 valence electrons. The van der Waals surface area contributed by atoms with Crippen molar-refractivity contribution in [2.24, 2.45) is 0 Å². The summed E-state index contributed by atoms with van der Waals surface area (Å²) < 4.78 is 31.3. The number of likely N-dealkylation sites (tertiary alicyclic amines) is 1. The van der Waals surface area contributed by atoms with Gasteiger partial charge in [-0.05, 0) is 71.7 Å². The minimum Gasteiger partial charge on any atom is -0.491 e. The summed E-state index contributed by atoms with van der Waals surface area (Å²) in [4.78, 5) is 2.45. The standard InChI is InChI=1S/C20H30FNO3/c1-19(2,3)22-8-6-7-18(22)14-9-15(21)11-16(10-14)23-12-17-13-24-20(4,5)25-17/h9-11,17-18H,6-8,12-13H2,1-5H3. The molecular weight excluding hydrogens is 321 g/mol. The van der Waals surface area contributed by atoms with Gasteiger partial charge in [-0.3, -0.25) is 4.90 Å². The molecule has 5 heteroatoms. The fraction of sp³-hybridized carbons (Fsp3) is 0.700. The van der Waals surface area contributed by atoms with Crippen LogP contribution in [-0.2, 0) is 9.47 Å². The zero-order valence-electron chi connectivity index (χ0n) is 16.0. The second-order valence-electron chi connectivity index (χ2n) is 8.50. The van der Waals surface area contributed by atoms with Crippen molar-refractivity contribution in [1.29, 1.82) is 0 Å². The molecule has 2 unspecified atom stereocenters. The summed E-state index contributed by atoms with van der Waals surface area (Å²) in [5, 5.41) is 0. The molecule has 4 nitrogen and oxygen atoms in total. The van der Waals surface area contributed by atoms with Gasteiger partial charge in [0.25, 0.3) is 0 Å². The van der Waals surface area contributed by atoms with Crippen LogP contribution in [0.15, 0.2) is 18.2 Å². The molecule has 0 spiro atoms. The Hall–Kier alpha value is -1.17. The monoisotopic (exact) mass is 351 g/mol. The van der Waals surface area contributed by atoms with Crippen molar-refractivity contribution >= 4 is 0 Å². The van der Waals surface area contributed by atoms with Gasteiger partial charge in [-0.2, -0.15) is 0 Å². The van der Waals surface area contributed by atoms with Gasteiger partial charge in [0.15, 0.2) is 5.79 Å². The van der Waals surface area contributed by atoms with E-state index in [0.717, 1.165) is 24.9 Å². The summed E-state index contributed by atoms with van der Waals surface area (Å²) in [7, 11) is 0. The Morgan fingerprint density at radius 1 is 1.28 bits per heavy atom. The Bertz CT molecular complexity index is 611. The van der Waals surface area contributed by atoms with Crippen molar-refractivity contribution < 1.29 is 18.6 Å². The summed E-state index contributed by atoms with van der Waals surface area (Å²) in [6.07, 6.45) is 2.06. The lowest BCUT2D eigenvalue weighted by Crippen LogP contribution is -2.40. The quantitative estimate of drug-likeness (QED) is 0.810. The van der Waals surface area contributed by atoms with E-state index in [9.17, 15) is 4.39 Å². The van der Waals surface area contributed by atoms with Crippen LogP contribution in [0, 0.1) is 5.82 Å². The molecule has 0 amide bonds. The van der Waals surface area contributed by atoms with Gasteiger partial charge in [-0.25, -0.2) is 4.39 Å². The molecule has 0 aliphatic carbocycles. The first kappa shape index (κ1) is 18.6. The van der Waals surface area contributed by atoms with Crippen molar-refractivity contribution in [2.45, 2.75) is 70.9 Å². The third kappa shape index (κ3) is 4.52. The van der Waals surface area contributed by atoms with Gasteiger partial charge in [-0.1, -0.05) is 0 Å². The topological polar surface area (TPSA) is 30.9 Å². The van der Waals surface area contributed by atoms with Crippen molar-refractivity contribution in [3.05, 3.63) is 29.6 Å². The first-order valence-electron chi connectivity index (χ1n) is 9.16. The first-order chi connectivity index (χ1) is 11.6. The van der Waals surface area contributed by atoms with Crippen molar-refractivity contribution in [3.8, 4) is 5.75 Å². The van der Waals surface area contributed by atoms with Crippen molar-refractivity contribution in [3.63, 3.8) is 0 Å². The summed E-state index contributed by atoms with van der Waals surface area (Å²) >= 11 is 0. The zero-order valence-corrected chi connectivity index (χ0v) is 16.0. The number of benzene rings is 1. The van der Waals surface area contributed by atoms with E-state index in [1.165, 1.54) is 6.07 Å². The Balaban J connectivity index is 1.70. The molecule has 2 saturated heterocycles. The van der Waals surface area contributed by atoms with Crippen LogP contribution in [0.2, 0.25) is 0 Å². The molecule has 0 bridgehead atoms. The molecule has 2 heterocycles. The maximum Gasteiger partial charge on any atom is 0.163 e. The normalized spacial score (nSPS) is 27.0. The minimum absolute atomic E-state index is 0.0646. The molecule has 2 fully saturated rings. The van der Waals surface area contributed by atoms with Gasteiger partial charge in [0.2, 0.25) is 0 Å². The average Bonchev–Trinajstić information content (AvgIpc) is 3.10. The van der Waals surface area contributed by atoms with E-state index in [4.69, 9.17) is 14.2 Å². The molecule has 2 aliphatic heterocycles. The molecule has 25 heavy (non-hydrogen) atoms. The molecule has 1 aromatic carbocycles. The number of rotatable bonds is 4. The molecule has 0 aromatic heterocycles. The predicted molar refractivity (Wildman–Crippen MR) is 95.2 cm³/mol. The number of hydrogen-bond donors (Lipinski definition) is 0. The summed E-state index contributed by atoms with van der Waals surface area (Å²) in [5.41, 5.74) is 1.06. The second-order valence-corrected chi connectivity index (χ2v) is 8.50. The van der Waals surface area contributed by atoms with E-state index in [1.54, 1.807) is 6.07 Å². The van der Waals surface area contributed by atoms with E-state index in [0.29, 0.717) is 19.0 Å². The maximum atomic E-state index is 14.2. The summed E-state index contributed by atoms with van der Waals surface area (Å²) in [6, 6.07) is 5.29. The molecule has 0 radical (unpaired) electrons. The number of hydrogen-bond acceptors (Lipinski definition) is 4. The van der Waals surface area contributed by atoms with Crippen LogP contribution in [0.25, 0.3) is 0 Å². The van der Waals surface area contributed by atoms with Gasteiger partial charge < -0.3 is 14.2 Å². The van der Waals surface area contributed by atoms with Crippen LogP contribution in [0.3, 0.4) is 0 Å². The number of halogens is 1. The van der Waals surface area contributed by atoms with Crippen LogP contribution < -0.4 is 4.74 Å². The molecule has 2 atom stereocenters. The largest absolute Gasteiger partial charge is 0.491 e. The number of nitrogens with zero attached hydrogens (tertiary/aromatic N) is 1. The van der Waals surface area contributed by atoms with E-state index < -0.39 is 5.79 Å². The van der Waals surface area contributed by atoms with E-state index in [-0.39, 0.29) is 23.5 Å². The Labute approximate surface area is 150 Å². The van der Waals surface area contributed by atoms with Gasteiger partial charge in [-0.15, -0.1) is 0 Å². The van der Waals surface area contributed by atoms with E-state index in [1.807, 2.05) is 19.9 Å². The Morgan fingerprint density at radius 2 is 2.04 bits per heavy atom. The highest BCUT2D eigenvalue weighted by Crippen LogP contribution is 2.38. The van der Waals surface area contributed by atoms with Crippen LogP contribution >= 0.6 is 0 Å². The molecule has 0 N–H and O–H groups in total. The number of ether oxygens (including phenoxy) is 3. The molecular formula is C20H30FNO3. The summed E-state index contributed by atoms with van der Waals surface area (Å²) in [6.45, 7) is 12.3. The zero-order chi connectivity index (χ0) is 18.2. The Kier molecular flexibility index (Phi) is 5.11. The third-order valence-corrected chi connectivity index (χ3v) is 4.90. The van der Waals surface area contributed by atoms with Crippen LogP contribution in [-0.4, -0.2) is 42.1 Å². The lowest BCUT2D eigenvalue weighted by Gasteiger charge is -2.37. The minimum atomic E-state index is -0.571. The van der Waals surface area contributed by atoms with Gasteiger partial charge in [0.05, 0.1) is 6.61 Å². The molecule has 1 aromatic rings. The molecule has 3 rings (SSSR count). The Morgan fingerprint density at radius 3 is 2.68 bits per heavy atom. The van der Waals surface area contributed by atoms with Crippen LogP contribution in [0.4, 0.5) is 4.39 Å². The van der Waals surface area contributed by atoms with Crippen molar-refractivity contribution in [2.75, 3.05) is 19.8 Å². The highest BCUT2D eigenvalue weighted by Gasteiger charge is 2.35.